The smallest absolute Gasteiger partial charge is 0.262 e. The number of rotatable bonds is 3. The van der Waals surface area contributed by atoms with E-state index in [1.807, 2.05) is 6.92 Å². The number of imidazole rings is 1. The molecule has 118 valence electrons. The van der Waals surface area contributed by atoms with Crippen LogP contribution in [0, 0.1) is 6.92 Å². The van der Waals surface area contributed by atoms with E-state index in [4.69, 9.17) is 4.74 Å². The predicted molar refractivity (Wildman–Crippen MR) is 77.4 cm³/mol. The van der Waals surface area contributed by atoms with Crippen LogP contribution in [-0.4, -0.2) is 51.9 Å². The lowest BCUT2D eigenvalue weighted by atomic mass is 10.3. The maximum Gasteiger partial charge on any atom is 0.262 e. The molecule has 2 aromatic rings. The summed E-state index contributed by atoms with van der Waals surface area (Å²) in [7, 11) is -1.90. The molecule has 0 saturated carbocycles. The normalized spacial score (nSPS) is 20.2. The number of nitrogens with zero attached hydrogens (tertiary/aromatic N) is 5. The van der Waals surface area contributed by atoms with Gasteiger partial charge in [0.2, 0.25) is 0 Å². The second-order valence-electron chi connectivity index (χ2n) is 5.16. The summed E-state index contributed by atoms with van der Waals surface area (Å²) < 4.78 is 33.8. The lowest BCUT2D eigenvalue weighted by Gasteiger charge is -2.30. The van der Waals surface area contributed by atoms with Crippen LogP contribution in [0.5, 0.6) is 0 Å². The van der Waals surface area contributed by atoms with Crippen molar-refractivity contribution in [3.63, 3.8) is 0 Å². The average Bonchev–Trinajstić information content (AvgIpc) is 2.95. The third kappa shape index (κ3) is 2.87. The average molecular weight is 323 g/mol. The number of hydrogen-bond donors (Lipinski definition) is 0. The Bertz CT molecular complexity index is 773. The van der Waals surface area contributed by atoms with E-state index in [1.165, 1.54) is 16.8 Å². The number of aryl methyl sites for hydroxylation is 2. The molecule has 1 aliphatic heterocycles. The molecule has 1 saturated heterocycles. The van der Waals surface area contributed by atoms with Crippen LogP contribution in [0.2, 0.25) is 0 Å². The number of aromatic nitrogens is 4. The monoisotopic (exact) mass is 323 g/mol. The van der Waals surface area contributed by atoms with Gasteiger partial charge >= 0.3 is 0 Å². The Balaban J connectivity index is 1.84. The van der Waals surface area contributed by atoms with Crippen molar-refractivity contribution in [1.29, 1.82) is 0 Å². The predicted octanol–water partition coefficient (Wildman–Crippen LogP) is 0.281. The van der Waals surface area contributed by atoms with Crippen molar-refractivity contribution >= 4 is 10.0 Å². The molecule has 0 amide bonds. The minimum absolute atomic E-state index is 0.0424. The van der Waals surface area contributed by atoms with E-state index in [2.05, 4.69) is 15.0 Å². The van der Waals surface area contributed by atoms with Crippen molar-refractivity contribution in [2.45, 2.75) is 18.1 Å². The number of morpholine rings is 1. The molecule has 3 heterocycles. The molecule has 3 rings (SSSR count). The molecule has 0 aliphatic carbocycles. The van der Waals surface area contributed by atoms with E-state index < -0.39 is 16.1 Å². The van der Waals surface area contributed by atoms with Gasteiger partial charge in [-0.25, -0.2) is 23.4 Å². The van der Waals surface area contributed by atoms with E-state index in [0.29, 0.717) is 19.0 Å². The van der Waals surface area contributed by atoms with E-state index in [9.17, 15) is 8.42 Å². The highest BCUT2D eigenvalue weighted by Crippen LogP contribution is 2.23. The molecule has 0 radical (unpaired) electrons. The molecular weight excluding hydrogens is 306 g/mol. The molecule has 0 aromatic carbocycles. The molecule has 22 heavy (non-hydrogen) atoms. The molecule has 0 unspecified atom stereocenters. The summed E-state index contributed by atoms with van der Waals surface area (Å²) in [6.45, 7) is 2.63. The van der Waals surface area contributed by atoms with Crippen LogP contribution in [0.3, 0.4) is 0 Å². The lowest BCUT2D eigenvalue weighted by Crippen LogP contribution is -2.42. The van der Waals surface area contributed by atoms with Crippen LogP contribution in [0.15, 0.2) is 29.8 Å². The summed E-state index contributed by atoms with van der Waals surface area (Å²) in [6.07, 6.45) is 4.14. The molecule has 1 atom stereocenters. The molecular formula is C13H17N5O3S. The van der Waals surface area contributed by atoms with E-state index in [1.54, 1.807) is 23.9 Å². The molecule has 0 spiro atoms. The second kappa shape index (κ2) is 5.75. The molecule has 1 aliphatic rings. The van der Waals surface area contributed by atoms with Gasteiger partial charge < -0.3 is 9.30 Å². The fraction of sp³-hybridized carbons (Fsp3) is 0.462. The molecule has 9 heteroatoms. The standard InChI is InChI=1S/C13H17N5O3S/c1-10-3-4-14-13(16-10)11-7-18(5-6-21-11)22(19,20)12-8-17(2)9-15-12/h3-4,8-9,11H,5-7H2,1-2H3/t11-/m1/s1. The SMILES string of the molecule is Cc1ccnc([C@H]2CN(S(=O)(=O)c3cn(C)cn3)CCO2)n1. The van der Waals surface area contributed by atoms with Gasteiger partial charge in [0.05, 0.1) is 12.9 Å². The van der Waals surface area contributed by atoms with Crippen LogP contribution in [0.1, 0.15) is 17.6 Å². The highest BCUT2D eigenvalue weighted by atomic mass is 32.2. The van der Waals surface area contributed by atoms with Gasteiger partial charge in [-0.05, 0) is 13.0 Å². The summed E-state index contributed by atoms with van der Waals surface area (Å²) in [4.78, 5) is 12.4. The maximum absolute atomic E-state index is 12.6. The number of hydrogen-bond acceptors (Lipinski definition) is 6. The summed E-state index contributed by atoms with van der Waals surface area (Å²) in [5, 5.41) is 0.0424. The Morgan fingerprint density at radius 3 is 2.86 bits per heavy atom. The zero-order valence-electron chi connectivity index (χ0n) is 12.4. The van der Waals surface area contributed by atoms with Crippen molar-refractivity contribution in [1.82, 2.24) is 23.8 Å². The highest BCUT2D eigenvalue weighted by molar-refractivity contribution is 7.89. The summed E-state index contributed by atoms with van der Waals surface area (Å²) in [6, 6.07) is 1.79. The number of ether oxygens (including phenoxy) is 1. The molecule has 0 N–H and O–H groups in total. The van der Waals surface area contributed by atoms with E-state index in [0.717, 1.165) is 5.69 Å². The Labute approximate surface area is 128 Å². The van der Waals surface area contributed by atoms with Gasteiger partial charge in [0.1, 0.15) is 6.10 Å². The van der Waals surface area contributed by atoms with Crippen molar-refractivity contribution in [3.05, 3.63) is 36.3 Å². The zero-order valence-corrected chi connectivity index (χ0v) is 13.2. The van der Waals surface area contributed by atoms with Crippen LogP contribution in [0.25, 0.3) is 0 Å². The first-order valence-corrected chi connectivity index (χ1v) is 8.30. The first-order chi connectivity index (χ1) is 10.5. The van der Waals surface area contributed by atoms with Gasteiger partial charge in [-0.15, -0.1) is 0 Å². The van der Waals surface area contributed by atoms with Crippen molar-refractivity contribution in [3.8, 4) is 0 Å². The minimum Gasteiger partial charge on any atom is -0.367 e. The Hall–Kier alpha value is -1.84. The van der Waals surface area contributed by atoms with Gasteiger partial charge in [0, 0.05) is 38.2 Å². The summed E-state index contributed by atoms with van der Waals surface area (Å²) in [5.74, 6) is 0.501. The quantitative estimate of drug-likeness (QED) is 0.806. The van der Waals surface area contributed by atoms with Crippen molar-refractivity contribution < 1.29 is 13.2 Å². The van der Waals surface area contributed by atoms with Crippen LogP contribution in [-0.2, 0) is 21.8 Å². The Kier molecular flexibility index (Phi) is 3.94. The Morgan fingerprint density at radius 1 is 1.36 bits per heavy atom. The topological polar surface area (TPSA) is 90.2 Å². The van der Waals surface area contributed by atoms with Gasteiger partial charge in [-0.3, -0.25) is 0 Å². The first-order valence-electron chi connectivity index (χ1n) is 6.86. The van der Waals surface area contributed by atoms with Gasteiger partial charge in [-0.2, -0.15) is 4.31 Å². The lowest BCUT2D eigenvalue weighted by molar-refractivity contribution is -0.00767. The van der Waals surface area contributed by atoms with Crippen LogP contribution in [0.4, 0.5) is 0 Å². The third-order valence-electron chi connectivity index (χ3n) is 3.42. The maximum atomic E-state index is 12.6. The van der Waals surface area contributed by atoms with Gasteiger partial charge in [0.15, 0.2) is 10.9 Å². The van der Waals surface area contributed by atoms with Crippen molar-refractivity contribution in [2.75, 3.05) is 19.7 Å². The molecule has 0 bridgehead atoms. The molecule has 2 aromatic heterocycles. The van der Waals surface area contributed by atoms with Gasteiger partial charge in [-0.1, -0.05) is 0 Å². The van der Waals surface area contributed by atoms with Crippen molar-refractivity contribution in [2.24, 2.45) is 7.05 Å². The molecule has 1 fully saturated rings. The van der Waals surface area contributed by atoms with E-state index in [-0.39, 0.29) is 11.6 Å². The summed E-state index contributed by atoms with van der Waals surface area (Å²) >= 11 is 0. The number of sulfonamides is 1. The highest BCUT2D eigenvalue weighted by Gasteiger charge is 2.33. The third-order valence-corrected chi connectivity index (χ3v) is 5.17. The zero-order chi connectivity index (χ0) is 15.7. The fourth-order valence-electron chi connectivity index (χ4n) is 2.28. The minimum atomic E-state index is -3.63. The summed E-state index contributed by atoms with van der Waals surface area (Å²) in [5.41, 5.74) is 0.818. The first kappa shape index (κ1) is 15.1. The molecule has 8 nitrogen and oxygen atoms in total. The largest absolute Gasteiger partial charge is 0.367 e. The fourth-order valence-corrected chi connectivity index (χ4v) is 3.67. The Morgan fingerprint density at radius 2 is 2.18 bits per heavy atom. The second-order valence-corrected chi connectivity index (χ2v) is 7.04. The van der Waals surface area contributed by atoms with E-state index >= 15 is 0 Å². The van der Waals surface area contributed by atoms with Crippen LogP contribution < -0.4 is 0 Å². The van der Waals surface area contributed by atoms with Crippen LogP contribution >= 0.6 is 0 Å². The van der Waals surface area contributed by atoms with Gasteiger partial charge in [0.25, 0.3) is 10.0 Å².